The van der Waals surface area contributed by atoms with Crippen molar-refractivity contribution in [3.63, 3.8) is 0 Å². The quantitative estimate of drug-likeness (QED) is 0.336. The molecule has 0 N–H and O–H groups in total. The minimum Gasteiger partial charge on any atom is -0.457 e. The van der Waals surface area contributed by atoms with Gasteiger partial charge in [0, 0.05) is 28.5 Å². The Morgan fingerprint density at radius 1 is 1.05 bits per heavy atom. The lowest BCUT2D eigenvalue weighted by atomic mass is 10.2. The first-order valence-corrected chi connectivity index (χ1v) is 9.34. The molecule has 0 aliphatic rings. The van der Waals surface area contributed by atoms with Crippen LogP contribution in [-0.4, -0.2) is 42.3 Å². The number of ether oxygens (including phenoxy) is 1. The van der Waals surface area contributed by atoms with E-state index in [1.807, 2.05) is 6.07 Å². The van der Waals surface area contributed by atoms with E-state index in [-0.39, 0.29) is 6.23 Å². The van der Waals surface area contributed by atoms with Crippen LogP contribution in [0.25, 0.3) is 0 Å². The molecule has 0 unspecified atom stereocenters. The van der Waals surface area contributed by atoms with Crippen LogP contribution in [0.1, 0.15) is 10.4 Å². The first kappa shape index (κ1) is 17.3. The number of esters is 1. The van der Waals surface area contributed by atoms with Crippen molar-refractivity contribution in [2.75, 3.05) is 27.6 Å². The maximum atomic E-state index is 12.0. The minimum atomic E-state index is -2.89. The molecule has 0 saturated heterocycles. The van der Waals surface area contributed by atoms with Gasteiger partial charge >= 0.3 is 14.8 Å². The predicted molar refractivity (Wildman–Crippen MR) is 88.9 cm³/mol. The second kappa shape index (κ2) is 7.88. The largest absolute Gasteiger partial charge is 0.539 e. The smallest absolute Gasteiger partial charge is 0.457 e. The van der Waals surface area contributed by atoms with Crippen LogP contribution in [-0.2, 0) is 18.0 Å². The first-order valence-electron chi connectivity index (χ1n) is 5.25. The third-order valence-corrected chi connectivity index (χ3v) is 6.02. The number of halogens is 2. The highest BCUT2D eigenvalue weighted by molar-refractivity contribution is 14.1. The van der Waals surface area contributed by atoms with E-state index < -0.39 is 14.8 Å². The number of hydrogen-bond acceptors (Lipinski definition) is 5. The predicted octanol–water partition coefficient (Wildman–Crippen LogP) is 2.47. The number of benzene rings is 1. The Labute approximate surface area is 140 Å². The van der Waals surface area contributed by atoms with E-state index in [1.165, 1.54) is 21.3 Å². The van der Waals surface area contributed by atoms with Gasteiger partial charge in [0.05, 0.1) is 5.56 Å². The van der Waals surface area contributed by atoms with Crippen LogP contribution in [0.3, 0.4) is 0 Å². The molecule has 0 heterocycles. The van der Waals surface area contributed by atoms with Gasteiger partial charge in [-0.25, -0.2) is 4.79 Å². The van der Waals surface area contributed by atoms with Crippen LogP contribution in [0.15, 0.2) is 18.2 Å². The average Bonchev–Trinajstić information content (AvgIpc) is 2.39. The van der Waals surface area contributed by atoms with Crippen LogP contribution in [0.2, 0.25) is 0 Å². The standard InChI is InChI=1S/C11H14I2O5Si/c1-15-19(16-2,17-3)7-18-11(14)8-4-9(12)6-10(13)5-8/h4-6H,7H2,1-3H3. The van der Waals surface area contributed by atoms with Crippen molar-refractivity contribution in [3.05, 3.63) is 30.9 Å². The van der Waals surface area contributed by atoms with E-state index in [1.54, 1.807) is 12.1 Å². The van der Waals surface area contributed by atoms with Crippen molar-refractivity contribution in [2.45, 2.75) is 0 Å². The summed E-state index contributed by atoms with van der Waals surface area (Å²) in [6, 6.07) is 5.50. The zero-order valence-corrected chi connectivity index (χ0v) is 16.1. The summed E-state index contributed by atoms with van der Waals surface area (Å²) in [6.07, 6.45) is -0.0165. The normalized spacial score (nSPS) is 11.4. The molecule has 8 heteroatoms. The lowest BCUT2D eigenvalue weighted by Gasteiger charge is -2.23. The van der Waals surface area contributed by atoms with Crippen LogP contribution >= 0.6 is 45.2 Å². The van der Waals surface area contributed by atoms with Gasteiger partial charge in [-0.05, 0) is 63.4 Å². The Morgan fingerprint density at radius 2 is 1.53 bits per heavy atom. The Balaban J connectivity index is 2.74. The molecule has 0 radical (unpaired) electrons. The molecule has 0 aromatic heterocycles. The van der Waals surface area contributed by atoms with Crippen LogP contribution in [0, 0.1) is 7.14 Å². The van der Waals surface area contributed by atoms with Crippen LogP contribution in [0.5, 0.6) is 0 Å². The summed E-state index contributed by atoms with van der Waals surface area (Å²) in [6.45, 7) is 0. The number of carbonyl (C=O) groups excluding carboxylic acids is 1. The van der Waals surface area contributed by atoms with Crippen molar-refractivity contribution in [2.24, 2.45) is 0 Å². The maximum absolute atomic E-state index is 12.0. The second-order valence-corrected chi connectivity index (χ2v) is 8.90. The molecule has 0 fully saturated rings. The van der Waals surface area contributed by atoms with Gasteiger partial charge in [0.2, 0.25) is 0 Å². The molecule has 1 aromatic carbocycles. The lowest BCUT2D eigenvalue weighted by Crippen LogP contribution is -2.48. The Hall–Kier alpha value is 0.247. The summed E-state index contributed by atoms with van der Waals surface area (Å²) in [4.78, 5) is 12.0. The molecule has 0 atom stereocenters. The molecule has 0 bridgehead atoms. The van der Waals surface area contributed by atoms with E-state index >= 15 is 0 Å². The van der Waals surface area contributed by atoms with Gasteiger partial charge in [-0.1, -0.05) is 0 Å². The summed E-state index contributed by atoms with van der Waals surface area (Å²) in [7, 11) is 1.53. The van der Waals surface area contributed by atoms with Crippen molar-refractivity contribution in [1.29, 1.82) is 0 Å². The first-order chi connectivity index (χ1) is 8.96. The second-order valence-electron chi connectivity index (χ2n) is 3.53. The molecule has 19 heavy (non-hydrogen) atoms. The summed E-state index contributed by atoms with van der Waals surface area (Å²) in [5.41, 5.74) is 0.502. The van der Waals surface area contributed by atoms with E-state index in [0.29, 0.717) is 5.56 Å². The zero-order chi connectivity index (χ0) is 14.5. The number of rotatable bonds is 6. The summed E-state index contributed by atoms with van der Waals surface area (Å²) < 4.78 is 22.7. The third kappa shape index (κ3) is 4.93. The highest BCUT2D eigenvalue weighted by atomic mass is 127. The highest BCUT2D eigenvalue weighted by Crippen LogP contribution is 2.16. The molecule has 0 amide bonds. The summed E-state index contributed by atoms with van der Waals surface area (Å²) >= 11 is 4.31. The van der Waals surface area contributed by atoms with Gasteiger partial charge in [-0.2, -0.15) is 0 Å². The fraction of sp³-hybridized carbons (Fsp3) is 0.364. The van der Waals surface area contributed by atoms with Crippen molar-refractivity contribution in [1.82, 2.24) is 0 Å². The monoisotopic (exact) mass is 508 g/mol. The Kier molecular flexibility index (Phi) is 7.17. The van der Waals surface area contributed by atoms with Crippen molar-refractivity contribution < 1.29 is 22.8 Å². The van der Waals surface area contributed by atoms with E-state index in [4.69, 9.17) is 18.0 Å². The van der Waals surface area contributed by atoms with E-state index in [0.717, 1.165) is 7.14 Å². The fourth-order valence-electron chi connectivity index (χ4n) is 1.34. The van der Waals surface area contributed by atoms with Crippen molar-refractivity contribution >= 4 is 60.0 Å². The van der Waals surface area contributed by atoms with Gasteiger partial charge in [-0.15, -0.1) is 0 Å². The lowest BCUT2D eigenvalue weighted by molar-refractivity contribution is 0.0397. The number of carbonyl (C=O) groups is 1. The zero-order valence-electron chi connectivity index (χ0n) is 10.7. The van der Waals surface area contributed by atoms with Gasteiger partial charge < -0.3 is 18.0 Å². The fourth-order valence-corrected chi connectivity index (χ4v) is 4.43. The summed E-state index contributed by atoms with van der Waals surface area (Å²) in [5, 5.41) is 0. The molecular formula is C11H14I2O5Si. The Bertz CT molecular complexity index is 422. The van der Waals surface area contributed by atoms with E-state index in [2.05, 4.69) is 45.2 Å². The van der Waals surface area contributed by atoms with Gasteiger partial charge in [0.1, 0.15) is 0 Å². The van der Waals surface area contributed by atoms with Gasteiger partial charge in [0.15, 0.2) is 6.23 Å². The molecular weight excluding hydrogens is 494 g/mol. The molecule has 0 aliphatic carbocycles. The highest BCUT2D eigenvalue weighted by Gasteiger charge is 2.40. The summed E-state index contributed by atoms with van der Waals surface area (Å²) in [5.74, 6) is -0.417. The number of hydrogen-bond donors (Lipinski definition) is 0. The van der Waals surface area contributed by atoms with E-state index in [9.17, 15) is 4.79 Å². The maximum Gasteiger partial charge on any atom is 0.539 e. The molecule has 106 valence electrons. The molecule has 1 aromatic rings. The molecule has 0 saturated carbocycles. The average molecular weight is 508 g/mol. The molecule has 0 spiro atoms. The van der Waals surface area contributed by atoms with Crippen molar-refractivity contribution in [3.8, 4) is 0 Å². The molecule has 1 rings (SSSR count). The van der Waals surface area contributed by atoms with Gasteiger partial charge in [-0.3, -0.25) is 0 Å². The molecule has 5 nitrogen and oxygen atoms in total. The van der Waals surface area contributed by atoms with Crippen LogP contribution in [0.4, 0.5) is 0 Å². The third-order valence-electron chi connectivity index (χ3n) is 2.41. The Morgan fingerprint density at radius 3 is 1.95 bits per heavy atom. The topological polar surface area (TPSA) is 54.0 Å². The minimum absolute atomic E-state index is 0.0165. The SMILES string of the molecule is CO[Si](COC(=O)c1cc(I)cc(I)c1)(OC)OC. The van der Waals surface area contributed by atoms with Crippen LogP contribution < -0.4 is 0 Å². The molecule has 0 aliphatic heterocycles. The van der Waals surface area contributed by atoms with Gasteiger partial charge in [0.25, 0.3) is 0 Å².